The predicted octanol–water partition coefficient (Wildman–Crippen LogP) is 3.50. The van der Waals surface area contributed by atoms with E-state index >= 15 is 0 Å². The van der Waals surface area contributed by atoms with Crippen LogP contribution in [0.5, 0.6) is 0 Å². The molecule has 0 aliphatic rings. The molecule has 0 spiro atoms. The van der Waals surface area contributed by atoms with Crippen molar-refractivity contribution in [3.05, 3.63) is 77.3 Å². The first kappa shape index (κ1) is 19.2. The molecule has 0 bridgehead atoms. The van der Waals surface area contributed by atoms with Gasteiger partial charge in [-0.05, 0) is 23.8 Å². The van der Waals surface area contributed by atoms with Crippen LogP contribution in [0, 0.1) is 0 Å². The summed E-state index contributed by atoms with van der Waals surface area (Å²) in [6.45, 7) is 3.94. The second-order valence-corrected chi connectivity index (χ2v) is 7.52. The first-order valence-corrected chi connectivity index (χ1v) is 9.24. The van der Waals surface area contributed by atoms with E-state index in [1.54, 1.807) is 0 Å². The van der Waals surface area contributed by atoms with Crippen molar-refractivity contribution in [2.75, 3.05) is 13.7 Å². The zero-order chi connectivity index (χ0) is 18.4. The largest absolute Gasteiger partial charge is 0.465 e. The fraction of sp³-hybridized carbons (Fsp3) is 0.167. The van der Waals surface area contributed by atoms with Crippen LogP contribution in [0.2, 0.25) is 5.02 Å². The minimum Gasteiger partial charge on any atom is -0.465 e. The van der Waals surface area contributed by atoms with Crippen LogP contribution in [0.15, 0.2) is 66.1 Å². The molecule has 0 aliphatic heterocycles. The first-order chi connectivity index (χ1) is 11.9. The van der Waals surface area contributed by atoms with Crippen molar-refractivity contribution in [1.29, 1.82) is 0 Å². The summed E-state index contributed by atoms with van der Waals surface area (Å²) in [6.07, 6.45) is 1.51. The van der Waals surface area contributed by atoms with Gasteiger partial charge in [0.2, 0.25) is 10.0 Å². The monoisotopic (exact) mass is 379 g/mol. The zero-order valence-electron chi connectivity index (χ0n) is 13.7. The molecule has 0 aromatic heterocycles. The van der Waals surface area contributed by atoms with Crippen LogP contribution < -0.4 is 0 Å². The molecule has 0 fully saturated rings. The van der Waals surface area contributed by atoms with E-state index in [0.717, 1.165) is 5.56 Å². The van der Waals surface area contributed by atoms with Crippen LogP contribution in [0.1, 0.15) is 15.9 Å². The molecule has 0 heterocycles. The number of ether oxygens (including phenoxy) is 1. The van der Waals surface area contributed by atoms with Crippen molar-refractivity contribution < 1.29 is 17.9 Å². The van der Waals surface area contributed by atoms with E-state index in [9.17, 15) is 13.2 Å². The second-order valence-electron chi connectivity index (χ2n) is 5.21. The molecule has 7 heteroatoms. The number of nitrogens with zero attached hydrogens (tertiary/aromatic N) is 1. The molecule has 0 atom stereocenters. The van der Waals surface area contributed by atoms with Gasteiger partial charge in [-0.25, -0.2) is 13.2 Å². The molecule has 0 saturated heterocycles. The molecule has 2 aromatic carbocycles. The molecule has 132 valence electrons. The van der Waals surface area contributed by atoms with Crippen LogP contribution in [0.3, 0.4) is 0 Å². The number of sulfonamides is 1. The third-order valence-corrected chi connectivity index (χ3v) is 5.80. The van der Waals surface area contributed by atoms with Crippen molar-refractivity contribution in [2.24, 2.45) is 0 Å². The highest BCUT2D eigenvalue weighted by Gasteiger charge is 2.26. The molecule has 0 amide bonds. The Hall–Kier alpha value is -2.15. The van der Waals surface area contributed by atoms with Gasteiger partial charge in [0.1, 0.15) is 4.90 Å². The first-order valence-electron chi connectivity index (χ1n) is 7.43. The highest BCUT2D eigenvalue weighted by molar-refractivity contribution is 7.89. The van der Waals surface area contributed by atoms with Crippen LogP contribution in [-0.2, 0) is 21.3 Å². The lowest BCUT2D eigenvalue weighted by Gasteiger charge is -2.21. The number of esters is 1. The van der Waals surface area contributed by atoms with E-state index in [-0.39, 0.29) is 28.6 Å². The van der Waals surface area contributed by atoms with E-state index < -0.39 is 16.0 Å². The summed E-state index contributed by atoms with van der Waals surface area (Å²) in [5, 5.41) is -0.0370. The summed E-state index contributed by atoms with van der Waals surface area (Å²) in [5.41, 5.74) is 1.03. The van der Waals surface area contributed by atoms with Gasteiger partial charge < -0.3 is 4.74 Å². The maximum atomic E-state index is 13.0. The highest BCUT2D eigenvalue weighted by Crippen LogP contribution is 2.27. The number of rotatable bonds is 7. The van der Waals surface area contributed by atoms with E-state index in [0.29, 0.717) is 0 Å². The van der Waals surface area contributed by atoms with Crippen LogP contribution >= 0.6 is 11.6 Å². The smallest absolute Gasteiger partial charge is 0.337 e. The predicted molar refractivity (Wildman–Crippen MR) is 97.0 cm³/mol. The number of hydrogen-bond donors (Lipinski definition) is 0. The zero-order valence-corrected chi connectivity index (χ0v) is 15.3. The molecule has 0 N–H and O–H groups in total. The second kappa shape index (κ2) is 8.29. The normalized spacial score (nSPS) is 11.3. The SMILES string of the molecule is C=CCN(Cc1ccccc1)S(=O)(=O)c1ccc(C(=O)OC)cc1Cl. The van der Waals surface area contributed by atoms with Crippen molar-refractivity contribution in [3.63, 3.8) is 0 Å². The number of carbonyl (C=O) groups is 1. The number of halogens is 1. The summed E-state index contributed by atoms with van der Waals surface area (Å²) in [5.74, 6) is -0.585. The van der Waals surface area contributed by atoms with Crippen LogP contribution in [0.25, 0.3) is 0 Å². The van der Waals surface area contributed by atoms with Gasteiger partial charge in [0.15, 0.2) is 0 Å². The maximum absolute atomic E-state index is 13.0. The lowest BCUT2D eigenvalue weighted by molar-refractivity contribution is 0.0600. The number of carbonyl (C=O) groups excluding carboxylic acids is 1. The van der Waals surface area contributed by atoms with Crippen molar-refractivity contribution >= 4 is 27.6 Å². The van der Waals surface area contributed by atoms with Gasteiger partial charge >= 0.3 is 5.97 Å². The minimum absolute atomic E-state index is 0.0370. The average molecular weight is 380 g/mol. The number of methoxy groups -OCH3 is 1. The Balaban J connectivity index is 2.39. The fourth-order valence-electron chi connectivity index (χ4n) is 2.27. The molecule has 25 heavy (non-hydrogen) atoms. The maximum Gasteiger partial charge on any atom is 0.337 e. The van der Waals surface area contributed by atoms with E-state index in [1.807, 2.05) is 30.3 Å². The van der Waals surface area contributed by atoms with Gasteiger partial charge in [0.05, 0.1) is 17.7 Å². The van der Waals surface area contributed by atoms with E-state index in [2.05, 4.69) is 11.3 Å². The summed E-state index contributed by atoms with van der Waals surface area (Å²) in [7, 11) is -2.62. The third-order valence-electron chi connectivity index (χ3n) is 3.51. The highest BCUT2D eigenvalue weighted by atomic mass is 35.5. The van der Waals surface area contributed by atoms with Gasteiger partial charge in [-0.3, -0.25) is 0 Å². The summed E-state index contributed by atoms with van der Waals surface area (Å²) >= 11 is 6.12. The van der Waals surface area contributed by atoms with Gasteiger partial charge in [-0.15, -0.1) is 6.58 Å². The fourth-order valence-corrected chi connectivity index (χ4v) is 4.19. The van der Waals surface area contributed by atoms with Crippen molar-refractivity contribution in [2.45, 2.75) is 11.4 Å². The molecule has 2 aromatic rings. The summed E-state index contributed by atoms with van der Waals surface area (Å²) in [6, 6.07) is 13.2. The van der Waals surface area contributed by atoms with Crippen molar-refractivity contribution in [3.8, 4) is 0 Å². The Morgan fingerprint density at radius 2 is 1.92 bits per heavy atom. The Morgan fingerprint density at radius 1 is 1.24 bits per heavy atom. The van der Waals surface area contributed by atoms with Gasteiger partial charge in [0, 0.05) is 13.1 Å². The van der Waals surface area contributed by atoms with E-state index in [1.165, 1.54) is 35.7 Å². The molecular weight excluding hydrogens is 362 g/mol. The Kier molecular flexibility index (Phi) is 6.36. The Morgan fingerprint density at radius 3 is 2.48 bits per heavy atom. The van der Waals surface area contributed by atoms with Crippen LogP contribution in [-0.4, -0.2) is 32.3 Å². The summed E-state index contributed by atoms with van der Waals surface area (Å²) < 4.78 is 31.8. The molecular formula is C18H18ClNO4S. The minimum atomic E-state index is -3.86. The van der Waals surface area contributed by atoms with Crippen molar-refractivity contribution in [1.82, 2.24) is 4.31 Å². The summed E-state index contributed by atoms with van der Waals surface area (Å²) in [4.78, 5) is 11.5. The average Bonchev–Trinajstić information content (AvgIpc) is 2.61. The number of hydrogen-bond acceptors (Lipinski definition) is 4. The molecule has 5 nitrogen and oxygen atoms in total. The Labute approximate surface area is 152 Å². The third kappa shape index (κ3) is 4.48. The molecule has 2 rings (SSSR count). The van der Waals surface area contributed by atoms with Gasteiger partial charge in [-0.1, -0.05) is 48.0 Å². The lowest BCUT2D eigenvalue weighted by atomic mass is 10.2. The standard InChI is InChI=1S/C18H18ClNO4S/c1-3-11-20(13-14-7-5-4-6-8-14)25(22,23)17-10-9-15(12-16(17)19)18(21)24-2/h3-10,12H,1,11,13H2,2H3. The quantitative estimate of drug-likeness (QED) is 0.545. The van der Waals surface area contributed by atoms with E-state index in [4.69, 9.17) is 11.6 Å². The lowest BCUT2D eigenvalue weighted by Crippen LogP contribution is -2.31. The van der Waals surface area contributed by atoms with Crippen LogP contribution in [0.4, 0.5) is 0 Å². The van der Waals surface area contributed by atoms with Gasteiger partial charge in [0.25, 0.3) is 0 Å². The Bertz CT molecular complexity index is 866. The molecule has 0 unspecified atom stereocenters. The van der Waals surface area contributed by atoms with Gasteiger partial charge in [-0.2, -0.15) is 4.31 Å². The number of benzene rings is 2. The molecule has 0 saturated carbocycles. The molecule has 0 aliphatic carbocycles. The topological polar surface area (TPSA) is 63.7 Å². The molecule has 0 radical (unpaired) electrons.